The average Bonchev–Trinajstić information content (AvgIpc) is 2.27. The van der Waals surface area contributed by atoms with Crippen molar-refractivity contribution in [2.75, 3.05) is 6.54 Å². The highest BCUT2D eigenvalue weighted by Gasteiger charge is 2.13. The Morgan fingerprint density at radius 3 is 2.40 bits per heavy atom. The quantitative estimate of drug-likeness (QED) is 0.772. The fourth-order valence-electron chi connectivity index (χ4n) is 1.25. The number of rotatable bonds is 5. The first-order valence-electron chi connectivity index (χ1n) is 5.53. The summed E-state index contributed by atoms with van der Waals surface area (Å²) in [5.41, 5.74) is 2.56. The summed E-state index contributed by atoms with van der Waals surface area (Å²) >= 11 is 0. The molecule has 0 aromatic heterocycles. The topological polar surface area (TPSA) is 12.0 Å². The summed E-state index contributed by atoms with van der Waals surface area (Å²) in [7, 11) is 0. The van der Waals surface area contributed by atoms with Crippen molar-refractivity contribution in [3.8, 4) is 0 Å². The Hall–Kier alpha value is -1.08. The van der Waals surface area contributed by atoms with Crippen LogP contribution in [0.4, 0.5) is 0 Å². The third kappa shape index (κ3) is 3.88. The van der Waals surface area contributed by atoms with E-state index in [0.29, 0.717) is 0 Å². The normalized spacial score (nSPS) is 11.4. The maximum atomic E-state index is 4.10. The minimum atomic E-state index is 0.192. The Balaban J connectivity index is 2.51. The van der Waals surface area contributed by atoms with Crippen LogP contribution in [-0.4, -0.2) is 12.1 Å². The number of hydrogen-bond acceptors (Lipinski definition) is 1. The fourth-order valence-corrected chi connectivity index (χ4v) is 1.25. The van der Waals surface area contributed by atoms with Gasteiger partial charge in [0.1, 0.15) is 0 Å². The monoisotopic (exact) mass is 203 g/mol. The van der Waals surface area contributed by atoms with Gasteiger partial charge in [-0.1, -0.05) is 43.8 Å². The molecule has 15 heavy (non-hydrogen) atoms. The minimum Gasteiger partial charge on any atom is -0.308 e. The molecular formula is C14H21N. The van der Waals surface area contributed by atoms with E-state index in [1.165, 1.54) is 5.56 Å². The van der Waals surface area contributed by atoms with Crippen molar-refractivity contribution in [3.05, 3.63) is 42.5 Å². The molecule has 0 spiro atoms. The van der Waals surface area contributed by atoms with Gasteiger partial charge in [-0.05, 0) is 31.4 Å². The Morgan fingerprint density at radius 2 is 1.87 bits per heavy atom. The van der Waals surface area contributed by atoms with Gasteiger partial charge in [-0.15, -0.1) is 0 Å². The zero-order valence-corrected chi connectivity index (χ0v) is 10.0. The molecule has 1 aromatic rings. The van der Waals surface area contributed by atoms with Crippen LogP contribution in [0.2, 0.25) is 0 Å². The van der Waals surface area contributed by atoms with Crippen LogP contribution in [0.3, 0.4) is 0 Å². The van der Waals surface area contributed by atoms with E-state index in [1.807, 2.05) is 18.2 Å². The molecule has 1 aromatic carbocycles. The highest BCUT2D eigenvalue weighted by Crippen LogP contribution is 2.13. The van der Waals surface area contributed by atoms with E-state index in [9.17, 15) is 0 Å². The van der Waals surface area contributed by atoms with Gasteiger partial charge >= 0.3 is 0 Å². The summed E-state index contributed by atoms with van der Waals surface area (Å²) < 4.78 is 0. The Morgan fingerprint density at radius 1 is 1.27 bits per heavy atom. The predicted octanol–water partition coefficient (Wildman–Crippen LogP) is 3.48. The van der Waals surface area contributed by atoms with Gasteiger partial charge in [0.25, 0.3) is 0 Å². The zero-order valence-electron chi connectivity index (χ0n) is 10.0. The first-order chi connectivity index (χ1) is 7.05. The summed E-state index contributed by atoms with van der Waals surface area (Å²) in [6.45, 7) is 11.6. The smallest absolute Gasteiger partial charge is 0.0210 e. The van der Waals surface area contributed by atoms with Gasteiger partial charge in [0.2, 0.25) is 0 Å². The van der Waals surface area contributed by atoms with Crippen LogP contribution in [0.25, 0.3) is 5.57 Å². The molecule has 0 fully saturated rings. The number of nitrogens with one attached hydrogen (secondary N) is 1. The molecule has 0 aliphatic heterocycles. The van der Waals surface area contributed by atoms with E-state index in [4.69, 9.17) is 0 Å². The van der Waals surface area contributed by atoms with E-state index in [2.05, 4.69) is 44.8 Å². The lowest BCUT2D eigenvalue weighted by atomic mass is 10.0. The van der Waals surface area contributed by atoms with Crippen molar-refractivity contribution in [3.63, 3.8) is 0 Å². The molecule has 0 bridgehead atoms. The number of benzene rings is 1. The van der Waals surface area contributed by atoms with Crippen molar-refractivity contribution < 1.29 is 0 Å². The summed E-state index contributed by atoms with van der Waals surface area (Å²) in [5, 5.41) is 3.51. The lowest BCUT2D eigenvalue weighted by molar-refractivity contribution is 0.397. The second-order valence-corrected chi connectivity index (χ2v) is 4.56. The van der Waals surface area contributed by atoms with Gasteiger partial charge in [0.15, 0.2) is 0 Å². The maximum Gasteiger partial charge on any atom is 0.0210 e. The molecule has 0 radical (unpaired) electrons. The molecule has 0 aliphatic rings. The largest absolute Gasteiger partial charge is 0.308 e. The van der Waals surface area contributed by atoms with Gasteiger partial charge in [0.05, 0.1) is 0 Å². The molecule has 1 N–H and O–H groups in total. The first-order valence-corrected chi connectivity index (χ1v) is 5.53. The summed E-state index contributed by atoms with van der Waals surface area (Å²) in [5.74, 6) is 0. The molecule has 1 rings (SSSR count). The lowest BCUT2D eigenvalue weighted by Gasteiger charge is -2.25. The van der Waals surface area contributed by atoms with Gasteiger partial charge in [-0.3, -0.25) is 0 Å². The van der Waals surface area contributed by atoms with Gasteiger partial charge in [0, 0.05) is 12.1 Å². The molecule has 0 aliphatic carbocycles. The molecule has 0 amide bonds. The predicted molar refractivity (Wildman–Crippen MR) is 67.8 cm³/mol. The van der Waals surface area contributed by atoms with Crippen LogP contribution >= 0.6 is 0 Å². The van der Waals surface area contributed by atoms with Gasteiger partial charge < -0.3 is 5.32 Å². The molecular weight excluding hydrogens is 182 g/mol. The molecule has 1 nitrogen and oxygen atoms in total. The van der Waals surface area contributed by atoms with Crippen LogP contribution < -0.4 is 5.32 Å². The Labute approximate surface area is 93.2 Å². The minimum absolute atomic E-state index is 0.192. The van der Waals surface area contributed by atoms with Crippen LogP contribution in [-0.2, 0) is 0 Å². The van der Waals surface area contributed by atoms with Crippen molar-refractivity contribution in [2.24, 2.45) is 0 Å². The molecule has 0 atom stereocenters. The molecule has 1 heteroatoms. The second kappa shape index (κ2) is 5.13. The molecule has 0 saturated carbocycles. The van der Waals surface area contributed by atoms with E-state index in [1.54, 1.807) is 0 Å². The third-order valence-electron chi connectivity index (χ3n) is 2.85. The lowest BCUT2D eigenvalue weighted by Crippen LogP contribution is -2.39. The van der Waals surface area contributed by atoms with Crippen LogP contribution in [0, 0.1) is 0 Å². The summed E-state index contributed by atoms with van der Waals surface area (Å²) in [4.78, 5) is 0. The molecule has 82 valence electrons. The van der Waals surface area contributed by atoms with Gasteiger partial charge in [-0.2, -0.15) is 0 Å². The van der Waals surface area contributed by atoms with Crippen molar-refractivity contribution in [2.45, 2.75) is 32.7 Å². The van der Waals surface area contributed by atoms with Crippen LogP contribution in [0.5, 0.6) is 0 Å². The van der Waals surface area contributed by atoms with E-state index >= 15 is 0 Å². The maximum absolute atomic E-state index is 4.10. The van der Waals surface area contributed by atoms with Crippen molar-refractivity contribution in [1.29, 1.82) is 0 Å². The Kier molecular flexibility index (Phi) is 4.10. The van der Waals surface area contributed by atoms with Crippen LogP contribution in [0.1, 0.15) is 32.8 Å². The molecule has 0 unspecified atom stereocenters. The van der Waals surface area contributed by atoms with Crippen LogP contribution in [0.15, 0.2) is 36.9 Å². The third-order valence-corrected chi connectivity index (χ3v) is 2.85. The highest BCUT2D eigenvalue weighted by atomic mass is 14.9. The molecule has 0 saturated heterocycles. The average molecular weight is 203 g/mol. The van der Waals surface area contributed by atoms with E-state index in [0.717, 1.165) is 18.5 Å². The summed E-state index contributed by atoms with van der Waals surface area (Å²) in [6, 6.07) is 10.3. The van der Waals surface area contributed by atoms with Crippen molar-refractivity contribution >= 4 is 5.57 Å². The SMILES string of the molecule is C=C(CNC(C)(C)CC)c1ccccc1. The van der Waals surface area contributed by atoms with E-state index in [-0.39, 0.29) is 5.54 Å². The standard InChI is InChI=1S/C14H21N/c1-5-14(3,4)15-11-12(2)13-9-7-6-8-10-13/h6-10,15H,2,5,11H2,1,3-4H3. The molecule has 0 heterocycles. The second-order valence-electron chi connectivity index (χ2n) is 4.56. The number of hydrogen-bond donors (Lipinski definition) is 1. The fraction of sp³-hybridized carbons (Fsp3) is 0.429. The van der Waals surface area contributed by atoms with E-state index < -0.39 is 0 Å². The van der Waals surface area contributed by atoms with Crippen molar-refractivity contribution in [1.82, 2.24) is 5.32 Å². The zero-order chi connectivity index (χ0) is 11.3. The first kappa shape index (κ1) is 12.0. The van der Waals surface area contributed by atoms with Gasteiger partial charge in [-0.25, -0.2) is 0 Å². The highest BCUT2D eigenvalue weighted by molar-refractivity contribution is 5.64. The Bertz CT molecular complexity index is 311. The summed E-state index contributed by atoms with van der Waals surface area (Å²) in [6.07, 6.45) is 1.12.